The first-order valence-corrected chi connectivity index (χ1v) is 8.55. The molecule has 2 atom stereocenters. The van der Waals surface area contributed by atoms with E-state index < -0.39 is 10.0 Å². The van der Waals surface area contributed by atoms with Crippen molar-refractivity contribution >= 4 is 21.6 Å². The number of aliphatic hydroxyl groups is 1. The second-order valence-corrected chi connectivity index (χ2v) is 7.54. The van der Waals surface area contributed by atoms with Crippen LogP contribution in [0.3, 0.4) is 0 Å². The van der Waals surface area contributed by atoms with Crippen LogP contribution in [0, 0.1) is 17.2 Å². The lowest BCUT2D eigenvalue weighted by Crippen LogP contribution is -2.46. The summed E-state index contributed by atoms with van der Waals surface area (Å²) in [5.41, 5.74) is -0.0301. The summed E-state index contributed by atoms with van der Waals surface area (Å²) in [5.74, 6) is -0.0688. The minimum Gasteiger partial charge on any atom is -0.396 e. The van der Waals surface area contributed by atoms with Crippen LogP contribution in [0.15, 0.2) is 23.1 Å². The summed E-state index contributed by atoms with van der Waals surface area (Å²) in [5, 5.41) is 18.6. The molecule has 114 valence electrons. The van der Waals surface area contributed by atoms with E-state index in [4.69, 9.17) is 16.9 Å². The van der Waals surface area contributed by atoms with Crippen LogP contribution in [-0.4, -0.2) is 37.0 Å². The largest absolute Gasteiger partial charge is 0.396 e. The van der Waals surface area contributed by atoms with Gasteiger partial charge in [-0.05, 0) is 37.8 Å². The quantitative estimate of drug-likeness (QED) is 0.920. The van der Waals surface area contributed by atoms with Gasteiger partial charge in [-0.3, -0.25) is 0 Å². The fraction of sp³-hybridized carbons (Fsp3) is 0.500. The lowest BCUT2D eigenvalue weighted by Gasteiger charge is -2.36. The highest BCUT2D eigenvalue weighted by atomic mass is 35.5. The van der Waals surface area contributed by atoms with E-state index in [0.717, 1.165) is 6.42 Å². The molecule has 1 aliphatic heterocycles. The summed E-state index contributed by atoms with van der Waals surface area (Å²) < 4.78 is 27.0. The van der Waals surface area contributed by atoms with E-state index in [1.807, 2.05) is 13.0 Å². The fourth-order valence-electron chi connectivity index (χ4n) is 2.58. The zero-order chi connectivity index (χ0) is 15.6. The van der Waals surface area contributed by atoms with Gasteiger partial charge in [-0.15, -0.1) is 0 Å². The van der Waals surface area contributed by atoms with Crippen LogP contribution < -0.4 is 0 Å². The Bertz CT molecular complexity index is 669. The monoisotopic (exact) mass is 328 g/mol. The van der Waals surface area contributed by atoms with E-state index in [-0.39, 0.29) is 40.6 Å². The molecule has 1 N–H and O–H groups in total. The molecule has 21 heavy (non-hydrogen) atoms. The third kappa shape index (κ3) is 3.06. The maximum atomic E-state index is 12.8. The van der Waals surface area contributed by atoms with Crippen molar-refractivity contribution in [2.75, 3.05) is 13.2 Å². The number of aliphatic hydroxyl groups excluding tert-OH is 1. The van der Waals surface area contributed by atoms with Crippen molar-refractivity contribution in [1.82, 2.24) is 4.31 Å². The predicted octanol–water partition coefficient (Wildman–Crippen LogP) is 1.99. The third-order valence-corrected chi connectivity index (χ3v) is 6.19. The number of benzene rings is 1. The lowest BCUT2D eigenvalue weighted by atomic mass is 9.96. The number of hydrogen-bond donors (Lipinski definition) is 1. The van der Waals surface area contributed by atoms with E-state index in [1.165, 1.54) is 22.5 Å². The van der Waals surface area contributed by atoms with E-state index in [1.54, 1.807) is 0 Å². The van der Waals surface area contributed by atoms with Crippen molar-refractivity contribution < 1.29 is 13.5 Å². The molecule has 1 saturated heterocycles. The van der Waals surface area contributed by atoms with E-state index >= 15 is 0 Å². The predicted molar refractivity (Wildman–Crippen MR) is 79.3 cm³/mol. The van der Waals surface area contributed by atoms with Gasteiger partial charge in [0.15, 0.2) is 0 Å². The van der Waals surface area contributed by atoms with Crippen molar-refractivity contribution in [2.45, 2.75) is 30.7 Å². The summed E-state index contributed by atoms with van der Waals surface area (Å²) in [4.78, 5) is -0.0667. The molecular weight excluding hydrogens is 312 g/mol. The number of sulfonamides is 1. The molecule has 7 heteroatoms. The van der Waals surface area contributed by atoms with Crippen LogP contribution in [0.5, 0.6) is 0 Å². The molecule has 0 aromatic heterocycles. The van der Waals surface area contributed by atoms with Crippen molar-refractivity contribution in [3.63, 3.8) is 0 Å². The normalized spacial score (nSPS) is 23.7. The van der Waals surface area contributed by atoms with Crippen LogP contribution in [0.25, 0.3) is 0 Å². The minimum atomic E-state index is -3.80. The van der Waals surface area contributed by atoms with Gasteiger partial charge in [-0.2, -0.15) is 9.57 Å². The molecule has 0 saturated carbocycles. The first-order valence-electron chi connectivity index (χ1n) is 6.73. The number of nitriles is 1. The highest BCUT2D eigenvalue weighted by molar-refractivity contribution is 7.89. The Morgan fingerprint density at radius 3 is 2.81 bits per heavy atom. The molecule has 1 fully saturated rings. The van der Waals surface area contributed by atoms with E-state index in [2.05, 4.69) is 0 Å². The second kappa shape index (κ2) is 6.32. The van der Waals surface area contributed by atoms with Crippen molar-refractivity contribution in [2.24, 2.45) is 5.92 Å². The molecule has 1 aliphatic rings. The van der Waals surface area contributed by atoms with Gasteiger partial charge in [0, 0.05) is 19.2 Å². The average molecular weight is 329 g/mol. The lowest BCUT2D eigenvalue weighted by molar-refractivity contribution is 0.139. The Morgan fingerprint density at radius 2 is 2.19 bits per heavy atom. The first kappa shape index (κ1) is 16.2. The average Bonchev–Trinajstić information content (AvgIpc) is 2.47. The van der Waals surface area contributed by atoms with Crippen molar-refractivity contribution in [1.29, 1.82) is 5.26 Å². The molecule has 1 aromatic carbocycles. The van der Waals surface area contributed by atoms with Crippen LogP contribution in [-0.2, 0) is 10.0 Å². The van der Waals surface area contributed by atoms with E-state index in [0.29, 0.717) is 6.42 Å². The Labute approximate surface area is 129 Å². The summed E-state index contributed by atoms with van der Waals surface area (Å²) in [6.07, 6.45) is 1.48. The van der Waals surface area contributed by atoms with E-state index in [9.17, 15) is 13.5 Å². The van der Waals surface area contributed by atoms with Crippen LogP contribution in [0.1, 0.15) is 25.3 Å². The zero-order valence-electron chi connectivity index (χ0n) is 11.7. The maximum absolute atomic E-state index is 12.8. The Kier molecular flexibility index (Phi) is 4.89. The van der Waals surface area contributed by atoms with Gasteiger partial charge < -0.3 is 5.11 Å². The topological polar surface area (TPSA) is 81.4 Å². The third-order valence-electron chi connectivity index (χ3n) is 3.85. The van der Waals surface area contributed by atoms with Gasteiger partial charge in [0.05, 0.1) is 10.6 Å². The van der Waals surface area contributed by atoms with Gasteiger partial charge in [0.25, 0.3) is 0 Å². The van der Waals surface area contributed by atoms with Gasteiger partial charge >= 0.3 is 0 Å². The smallest absolute Gasteiger partial charge is 0.244 e. The molecule has 1 heterocycles. The van der Waals surface area contributed by atoms with Gasteiger partial charge in [0.1, 0.15) is 11.0 Å². The molecule has 0 radical (unpaired) electrons. The number of halogens is 1. The minimum absolute atomic E-state index is 0.0301. The SMILES string of the molecule is CC1CCC(CO)CN1S(=O)(=O)c1cccc(Cl)c1C#N. The second-order valence-electron chi connectivity index (χ2n) is 5.27. The number of rotatable bonds is 3. The highest BCUT2D eigenvalue weighted by Gasteiger charge is 2.36. The summed E-state index contributed by atoms with van der Waals surface area (Å²) >= 11 is 5.92. The molecule has 1 aromatic rings. The zero-order valence-corrected chi connectivity index (χ0v) is 13.2. The fourth-order valence-corrected chi connectivity index (χ4v) is 4.76. The molecule has 2 rings (SSSR count). The molecule has 2 unspecified atom stereocenters. The first-order chi connectivity index (χ1) is 9.91. The molecule has 5 nitrogen and oxygen atoms in total. The maximum Gasteiger partial charge on any atom is 0.244 e. The van der Waals surface area contributed by atoms with Crippen LogP contribution >= 0.6 is 11.6 Å². The molecular formula is C14H17ClN2O3S. The number of hydrogen-bond acceptors (Lipinski definition) is 4. The van der Waals surface area contributed by atoms with Crippen molar-refractivity contribution in [3.05, 3.63) is 28.8 Å². The molecule has 0 aliphatic carbocycles. The summed E-state index contributed by atoms with van der Waals surface area (Å²) in [7, 11) is -3.80. The summed E-state index contributed by atoms with van der Waals surface area (Å²) in [6.45, 7) is 2.05. The Balaban J connectivity index is 2.47. The molecule has 0 amide bonds. The van der Waals surface area contributed by atoms with Gasteiger partial charge in [0.2, 0.25) is 10.0 Å². The number of piperidine rings is 1. The highest BCUT2D eigenvalue weighted by Crippen LogP contribution is 2.31. The Hall–Kier alpha value is -1.13. The standard InChI is InChI=1S/C14H17ClN2O3S/c1-10-5-6-11(9-18)8-17(10)21(19,20)14-4-2-3-13(15)12(14)7-16/h2-4,10-11,18H,5-6,8-9H2,1H3. The van der Waals surface area contributed by atoms with Crippen molar-refractivity contribution in [3.8, 4) is 6.07 Å². The summed E-state index contributed by atoms with van der Waals surface area (Å²) in [6, 6.07) is 6.11. The van der Waals surface area contributed by atoms with Crippen LogP contribution in [0.2, 0.25) is 5.02 Å². The molecule has 0 spiro atoms. The Morgan fingerprint density at radius 1 is 1.48 bits per heavy atom. The van der Waals surface area contributed by atoms with Gasteiger partial charge in [-0.25, -0.2) is 8.42 Å². The van der Waals surface area contributed by atoms with Crippen LogP contribution in [0.4, 0.5) is 0 Å². The number of nitrogens with zero attached hydrogens (tertiary/aromatic N) is 2. The molecule has 0 bridgehead atoms. The van der Waals surface area contributed by atoms with Gasteiger partial charge in [-0.1, -0.05) is 17.7 Å².